The number of rotatable bonds is 9. The molecule has 3 N–H and O–H groups in total. The Labute approximate surface area is 205 Å². The van der Waals surface area contributed by atoms with E-state index in [-0.39, 0.29) is 36.0 Å². The number of hydrogen-bond donors (Lipinski definition) is 3. The third-order valence-corrected chi connectivity index (χ3v) is 6.39. The number of oxime groups is 1. The first-order valence-electron chi connectivity index (χ1n) is 11.7. The second-order valence-corrected chi connectivity index (χ2v) is 9.16. The van der Waals surface area contributed by atoms with Gasteiger partial charge in [-0.3, -0.25) is 9.59 Å². The SMILES string of the molecule is Cc1ccccc1C(CC(=NO)c1ccc(=O)n(C)c1)c1ccc(C(=O)N[C@H](CO)C(C)C)cc1. The minimum atomic E-state index is -0.313. The second kappa shape index (κ2) is 11.6. The van der Waals surface area contributed by atoms with Crippen molar-refractivity contribution in [3.8, 4) is 0 Å². The van der Waals surface area contributed by atoms with Gasteiger partial charge in [-0.1, -0.05) is 55.4 Å². The van der Waals surface area contributed by atoms with Crippen molar-refractivity contribution < 1.29 is 15.1 Å². The van der Waals surface area contributed by atoms with E-state index in [4.69, 9.17) is 0 Å². The molecular weight excluding hydrogens is 442 g/mol. The van der Waals surface area contributed by atoms with Crippen LogP contribution in [0.15, 0.2) is 76.8 Å². The third kappa shape index (κ3) is 6.25. The smallest absolute Gasteiger partial charge is 0.251 e. The molecular formula is C28H33N3O4. The number of aliphatic hydroxyl groups excluding tert-OH is 1. The molecule has 2 atom stereocenters. The highest BCUT2D eigenvalue weighted by Crippen LogP contribution is 2.32. The van der Waals surface area contributed by atoms with E-state index in [1.165, 1.54) is 10.6 Å². The lowest BCUT2D eigenvalue weighted by Gasteiger charge is -2.22. The average molecular weight is 476 g/mol. The van der Waals surface area contributed by atoms with Crippen molar-refractivity contribution in [3.63, 3.8) is 0 Å². The van der Waals surface area contributed by atoms with Crippen molar-refractivity contribution in [2.45, 2.75) is 39.2 Å². The molecule has 0 spiro atoms. The Bertz CT molecular complexity index is 1250. The molecule has 1 amide bonds. The molecule has 0 fully saturated rings. The van der Waals surface area contributed by atoms with E-state index in [0.717, 1.165) is 16.7 Å². The molecule has 3 aromatic rings. The fourth-order valence-corrected chi connectivity index (χ4v) is 4.10. The molecule has 1 heterocycles. The van der Waals surface area contributed by atoms with E-state index in [1.54, 1.807) is 31.4 Å². The number of nitrogens with one attached hydrogen (secondary N) is 1. The Kier molecular flexibility index (Phi) is 8.60. The number of nitrogens with zero attached hydrogens (tertiary/aromatic N) is 2. The number of pyridine rings is 1. The molecule has 2 aromatic carbocycles. The lowest BCUT2D eigenvalue weighted by molar-refractivity contribution is 0.0897. The van der Waals surface area contributed by atoms with E-state index in [9.17, 15) is 19.9 Å². The van der Waals surface area contributed by atoms with E-state index in [2.05, 4.69) is 10.5 Å². The summed E-state index contributed by atoms with van der Waals surface area (Å²) in [4.78, 5) is 24.5. The van der Waals surface area contributed by atoms with Crippen LogP contribution in [0.25, 0.3) is 0 Å². The highest BCUT2D eigenvalue weighted by molar-refractivity contribution is 6.00. The Morgan fingerprint density at radius 2 is 1.69 bits per heavy atom. The van der Waals surface area contributed by atoms with Gasteiger partial charge in [0.1, 0.15) is 0 Å². The van der Waals surface area contributed by atoms with Gasteiger partial charge in [0.25, 0.3) is 5.91 Å². The summed E-state index contributed by atoms with van der Waals surface area (Å²) in [6, 6.07) is 18.2. The summed E-state index contributed by atoms with van der Waals surface area (Å²) >= 11 is 0. The maximum absolute atomic E-state index is 12.7. The van der Waals surface area contributed by atoms with Gasteiger partial charge in [0, 0.05) is 42.8 Å². The topological polar surface area (TPSA) is 104 Å². The van der Waals surface area contributed by atoms with Crippen molar-refractivity contribution >= 4 is 11.6 Å². The molecule has 184 valence electrons. The van der Waals surface area contributed by atoms with Crippen molar-refractivity contribution in [2.24, 2.45) is 18.1 Å². The minimum absolute atomic E-state index is 0.113. The van der Waals surface area contributed by atoms with Gasteiger partial charge in [0.15, 0.2) is 0 Å². The first-order valence-corrected chi connectivity index (χ1v) is 11.7. The molecule has 0 saturated carbocycles. The summed E-state index contributed by atoms with van der Waals surface area (Å²) in [6.07, 6.45) is 2.05. The summed E-state index contributed by atoms with van der Waals surface area (Å²) in [7, 11) is 1.66. The number of hydrogen-bond acceptors (Lipinski definition) is 5. The van der Waals surface area contributed by atoms with Crippen molar-refractivity contribution in [2.75, 3.05) is 6.61 Å². The quantitative estimate of drug-likeness (QED) is 0.248. The van der Waals surface area contributed by atoms with Gasteiger partial charge in [-0.2, -0.15) is 0 Å². The zero-order valence-corrected chi connectivity index (χ0v) is 20.6. The molecule has 0 aliphatic heterocycles. The molecule has 0 aliphatic carbocycles. The molecule has 3 rings (SSSR count). The Balaban J connectivity index is 1.95. The van der Waals surface area contributed by atoms with Crippen LogP contribution in [-0.4, -0.2) is 39.1 Å². The van der Waals surface area contributed by atoms with Gasteiger partial charge < -0.3 is 20.2 Å². The zero-order chi connectivity index (χ0) is 25.5. The van der Waals surface area contributed by atoms with Gasteiger partial charge in [0.2, 0.25) is 5.56 Å². The molecule has 7 nitrogen and oxygen atoms in total. The predicted molar refractivity (Wildman–Crippen MR) is 137 cm³/mol. The Hall–Kier alpha value is -3.71. The standard InChI is InChI=1S/C28H33N3O4/c1-18(2)26(17-32)29-28(34)21-11-9-20(10-12-21)24(23-8-6-5-7-19(23)3)15-25(30-35)22-13-14-27(33)31(4)16-22/h5-14,16,18,24,26,32,35H,15,17H2,1-4H3,(H,29,34)/t24?,26-/m1/s1. The molecule has 7 heteroatoms. The number of carbonyl (C=O) groups is 1. The molecule has 0 aliphatic rings. The highest BCUT2D eigenvalue weighted by atomic mass is 16.4. The average Bonchev–Trinajstić information content (AvgIpc) is 2.85. The van der Waals surface area contributed by atoms with Crippen LogP contribution in [0.5, 0.6) is 0 Å². The maximum atomic E-state index is 12.7. The van der Waals surface area contributed by atoms with E-state index in [0.29, 0.717) is 23.3 Å². The van der Waals surface area contributed by atoms with E-state index in [1.807, 2.05) is 57.2 Å². The zero-order valence-electron chi connectivity index (χ0n) is 20.6. The van der Waals surface area contributed by atoms with Gasteiger partial charge in [-0.05, 0) is 47.7 Å². The molecule has 1 aromatic heterocycles. The van der Waals surface area contributed by atoms with Crippen LogP contribution in [0.2, 0.25) is 0 Å². The summed E-state index contributed by atoms with van der Waals surface area (Å²) in [5.41, 5.74) is 4.62. The molecule has 1 unspecified atom stereocenters. The van der Waals surface area contributed by atoms with Crippen LogP contribution >= 0.6 is 0 Å². The second-order valence-electron chi connectivity index (χ2n) is 9.16. The number of amides is 1. The van der Waals surface area contributed by atoms with Gasteiger partial charge >= 0.3 is 0 Å². The Morgan fingerprint density at radius 1 is 1.03 bits per heavy atom. The fourth-order valence-electron chi connectivity index (χ4n) is 4.10. The van der Waals surface area contributed by atoms with Crippen LogP contribution in [-0.2, 0) is 7.05 Å². The van der Waals surface area contributed by atoms with Crippen molar-refractivity contribution in [1.29, 1.82) is 0 Å². The highest BCUT2D eigenvalue weighted by Gasteiger charge is 2.22. The number of aliphatic hydroxyl groups is 1. The normalized spacial score (nSPS) is 13.5. The first kappa shape index (κ1) is 25.9. The molecule has 0 bridgehead atoms. The fraction of sp³-hybridized carbons (Fsp3) is 0.321. The molecule has 0 radical (unpaired) electrons. The van der Waals surface area contributed by atoms with Crippen LogP contribution in [0.4, 0.5) is 0 Å². The summed E-state index contributed by atoms with van der Waals surface area (Å²) < 4.78 is 1.45. The largest absolute Gasteiger partial charge is 0.411 e. The van der Waals surface area contributed by atoms with Crippen LogP contribution in [0.3, 0.4) is 0 Å². The van der Waals surface area contributed by atoms with Gasteiger partial charge in [-0.25, -0.2) is 0 Å². The molecule has 0 saturated heterocycles. The number of benzene rings is 2. The predicted octanol–water partition coefficient (Wildman–Crippen LogP) is 3.84. The number of aryl methyl sites for hydroxylation is 2. The monoisotopic (exact) mass is 475 g/mol. The van der Waals surface area contributed by atoms with Crippen LogP contribution in [0, 0.1) is 12.8 Å². The summed E-state index contributed by atoms with van der Waals surface area (Å²) in [6.45, 7) is 5.81. The Morgan fingerprint density at radius 3 is 2.26 bits per heavy atom. The summed E-state index contributed by atoms with van der Waals surface area (Å²) in [5, 5.41) is 25.8. The van der Waals surface area contributed by atoms with E-state index >= 15 is 0 Å². The van der Waals surface area contributed by atoms with E-state index < -0.39 is 0 Å². The number of aromatic nitrogens is 1. The van der Waals surface area contributed by atoms with Crippen LogP contribution < -0.4 is 10.9 Å². The summed E-state index contributed by atoms with van der Waals surface area (Å²) in [5.74, 6) is -0.265. The van der Waals surface area contributed by atoms with Gasteiger partial charge in [0.05, 0.1) is 18.4 Å². The lowest BCUT2D eigenvalue weighted by Crippen LogP contribution is -2.41. The third-order valence-electron chi connectivity index (χ3n) is 6.39. The van der Waals surface area contributed by atoms with Crippen molar-refractivity contribution in [3.05, 3.63) is 105 Å². The van der Waals surface area contributed by atoms with Gasteiger partial charge in [-0.15, -0.1) is 0 Å². The minimum Gasteiger partial charge on any atom is -0.411 e. The lowest BCUT2D eigenvalue weighted by atomic mass is 9.83. The van der Waals surface area contributed by atoms with Crippen molar-refractivity contribution in [1.82, 2.24) is 9.88 Å². The first-order chi connectivity index (χ1) is 16.7. The van der Waals surface area contributed by atoms with Crippen LogP contribution in [0.1, 0.15) is 58.8 Å². The maximum Gasteiger partial charge on any atom is 0.251 e. The number of carbonyl (C=O) groups excluding carboxylic acids is 1. The molecule has 35 heavy (non-hydrogen) atoms.